The quantitative estimate of drug-likeness (QED) is 0.417. The van der Waals surface area contributed by atoms with Crippen molar-refractivity contribution in [1.29, 1.82) is 0 Å². The molecule has 0 atom stereocenters. The molecule has 0 fully saturated rings. The topological polar surface area (TPSA) is 77.2 Å². The van der Waals surface area contributed by atoms with E-state index in [1.165, 1.54) is 5.56 Å². The molecule has 4 rings (SSSR count). The molecule has 0 bridgehead atoms. The third-order valence-electron chi connectivity index (χ3n) is 4.98. The highest BCUT2D eigenvalue weighted by Gasteiger charge is 2.14. The van der Waals surface area contributed by atoms with Crippen molar-refractivity contribution in [3.63, 3.8) is 0 Å². The van der Waals surface area contributed by atoms with Gasteiger partial charge in [-0.2, -0.15) is 0 Å². The molecule has 3 aromatic carbocycles. The lowest BCUT2D eigenvalue weighted by molar-refractivity contribution is 0.102. The third kappa shape index (κ3) is 5.21. The first-order chi connectivity index (χ1) is 15.4. The number of rotatable bonds is 6. The Hall–Kier alpha value is -3.93. The van der Waals surface area contributed by atoms with Crippen LogP contribution in [0.15, 0.2) is 83.3 Å². The van der Waals surface area contributed by atoms with Crippen molar-refractivity contribution in [1.82, 2.24) is 10.2 Å². The van der Waals surface area contributed by atoms with Gasteiger partial charge in [-0.05, 0) is 59.5 Å². The summed E-state index contributed by atoms with van der Waals surface area (Å²) >= 11 is 0. The Kier molecular flexibility index (Phi) is 6.03. The van der Waals surface area contributed by atoms with E-state index >= 15 is 0 Å². The highest BCUT2D eigenvalue weighted by atomic mass is 16.5. The number of nitrogens with zero attached hydrogens (tertiary/aromatic N) is 2. The third-order valence-corrected chi connectivity index (χ3v) is 4.98. The molecule has 162 valence electrons. The van der Waals surface area contributed by atoms with Gasteiger partial charge >= 0.3 is 0 Å². The SMILES string of the molecule is CC(C)(C)c1ccc(C(=O)Nc2ccc(OCc3nnc(-c4ccccc4)o3)cc2)cc1. The van der Waals surface area contributed by atoms with Crippen LogP contribution in [0.2, 0.25) is 0 Å². The first kappa shape index (κ1) is 21.3. The second-order valence-corrected chi connectivity index (χ2v) is 8.46. The second kappa shape index (κ2) is 9.06. The van der Waals surface area contributed by atoms with E-state index in [9.17, 15) is 4.79 Å². The molecule has 0 aliphatic rings. The number of ether oxygens (including phenoxy) is 1. The van der Waals surface area contributed by atoms with Crippen LogP contribution in [0.25, 0.3) is 11.5 Å². The number of nitrogens with one attached hydrogen (secondary N) is 1. The van der Waals surface area contributed by atoms with Gasteiger partial charge in [0, 0.05) is 16.8 Å². The smallest absolute Gasteiger partial charge is 0.255 e. The summed E-state index contributed by atoms with van der Waals surface area (Å²) in [5.74, 6) is 1.33. The minimum absolute atomic E-state index is 0.0508. The number of carbonyl (C=O) groups is 1. The van der Waals surface area contributed by atoms with E-state index in [2.05, 4.69) is 36.3 Å². The summed E-state index contributed by atoms with van der Waals surface area (Å²) in [6.07, 6.45) is 0. The molecule has 32 heavy (non-hydrogen) atoms. The monoisotopic (exact) mass is 427 g/mol. The molecule has 6 heteroatoms. The molecule has 1 aromatic heterocycles. The summed E-state index contributed by atoms with van der Waals surface area (Å²) < 4.78 is 11.4. The lowest BCUT2D eigenvalue weighted by Crippen LogP contribution is -2.14. The van der Waals surface area contributed by atoms with Crippen molar-refractivity contribution >= 4 is 11.6 Å². The molecular weight excluding hydrogens is 402 g/mol. The van der Waals surface area contributed by atoms with Gasteiger partial charge < -0.3 is 14.5 Å². The highest BCUT2D eigenvalue weighted by molar-refractivity contribution is 6.04. The summed E-state index contributed by atoms with van der Waals surface area (Å²) in [5, 5.41) is 11.0. The fourth-order valence-corrected chi connectivity index (χ4v) is 3.11. The van der Waals surface area contributed by atoms with Crippen molar-refractivity contribution < 1.29 is 13.9 Å². The zero-order valence-corrected chi connectivity index (χ0v) is 18.3. The predicted octanol–water partition coefficient (Wildman–Crippen LogP) is 5.87. The number of anilines is 1. The van der Waals surface area contributed by atoms with E-state index in [1.54, 1.807) is 24.3 Å². The van der Waals surface area contributed by atoms with Gasteiger partial charge in [-0.1, -0.05) is 51.1 Å². The van der Waals surface area contributed by atoms with Gasteiger partial charge in [0.05, 0.1) is 0 Å². The molecule has 0 saturated heterocycles. The van der Waals surface area contributed by atoms with Gasteiger partial charge in [-0.15, -0.1) is 10.2 Å². The summed E-state index contributed by atoms with van der Waals surface area (Å²) in [4.78, 5) is 12.5. The number of aromatic nitrogens is 2. The average molecular weight is 428 g/mol. The number of amides is 1. The van der Waals surface area contributed by atoms with Crippen molar-refractivity contribution in [2.24, 2.45) is 0 Å². The van der Waals surface area contributed by atoms with E-state index in [0.29, 0.717) is 28.8 Å². The maximum atomic E-state index is 12.5. The van der Waals surface area contributed by atoms with Crippen LogP contribution in [-0.4, -0.2) is 16.1 Å². The van der Waals surface area contributed by atoms with Gasteiger partial charge in [-0.3, -0.25) is 4.79 Å². The Bertz CT molecular complexity index is 1180. The van der Waals surface area contributed by atoms with Crippen LogP contribution in [0.5, 0.6) is 5.75 Å². The average Bonchev–Trinajstić information content (AvgIpc) is 3.28. The van der Waals surface area contributed by atoms with E-state index in [-0.39, 0.29) is 17.9 Å². The minimum atomic E-state index is -0.154. The Labute approximate surface area is 187 Å². The highest BCUT2D eigenvalue weighted by Crippen LogP contribution is 2.23. The van der Waals surface area contributed by atoms with Crippen molar-refractivity contribution in [2.45, 2.75) is 32.8 Å². The Morgan fingerprint density at radius 3 is 2.25 bits per heavy atom. The first-order valence-corrected chi connectivity index (χ1v) is 10.4. The molecule has 1 N–H and O–H groups in total. The van der Waals surface area contributed by atoms with Crippen molar-refractivity contribution in [3.8, 4) is 17.2 Å². The molecule has 1 heterocycles. The summed E-state index contributed by atoms with van der Waals surface area (Å²) in [7, 11) is 0. The van der Waals surface area contributed by atoms with Crippen LogP contribution >= 0.6 is 0 Å². The number of hydrogen-bond donors (Lipinski definition) is 1. The Morgan fingerprint density at radius 2 is 1.59 bits per heavy atom. The van der Waals surface area contributed by atoms with Crippen LogP contribution in [-0.2, 0) is 12.0 Å². The maximum Gasteiger partial charge on any atom is 0.255 e. The van der Waals surface area contributed by atoms with Gasteiger partial charge in [0.15, 0.2) is 6.61 Å². The Balaban J connectivity index is 1.32. The summed E-state index contributed by atoms with van der Waals surface area (Å²) in [6.45, 7) is 6.59. The van der Waals surface area contributed by atoms with Gasteiger partial charge in [-0.25, -0.2) is 0 Å². The van der Waals surface area contributed by atoms with Gasteiger partial charge in [0.1, 0.15) is 5.75 Å². The molecule has 0 saturated carbocycles. The normalized spacial score (nSPS) is 11.2. The molecule has 0 spiro atoms. The fraction of sp³-hybridized carbons (Fsp3) is 0.192. The van der Waals surface area contributed by atoms with Crippen LogP contribution in [0, 0.1) is 0 Å². The number of carbonyl (C=O) groups excluding carboxylic acids is 1. The van der Waals surface area contributed by atoms with E-state index in [0.717, 1.165) is 5.56 Å². The molecule has 0 unspecified atom stereocenters. The van der Waals surface area contributed by atoms with Crippen LogP contribution in [0.1, 0.15) is 42.6 Å². The van der Waals surface area contributed by atoms with Crippen LogP contribution in [0.3, 0.4) is 0 Å². The molecular formula is C26H25N3O3. The molecule has 0 radical (unpaired) electrons. The van der Waals surface area contributed by atoms with E-state index in [1.807, 2.05) is 54.6 Å². The predicted molar refractivity (Wildman–Crippen MR) is 124 cm³/mol. The summed E-state index contributed by atoms with van der Waals surface area (Å²) in [6, 6.07) is 24.4. The van der Waals surface area contributed by atoms with E-state index in [4.69, 9.17) is 9.15 Å². The summed E-state index contributed by atoms with van der Waals surface area (Å²) in [5.41, 5.74) is 3.40. The first-order valence-electron chi connectivity index (χ1n) is 10.4. The number of benzene rings is 3. The van der Waals surface area contributed by atoms with Crippen molar-refractivity contribution in [3.05, 3.63) is 95.9 Å². The van der Waals surface area contributed by atoms with Crippen molar-refractivity contribution in [2.75, 3.05) is 5.32 Å². The zero-order chi connectivity index (χ0) is 22.6. The van der Waals surface area contributed by atoms with Crippen LogP contribution < -0.4 is 10.1 Å². The standard InChI is InChI=1S/C26H25N3O3/c1-26(2,3)20-11-9-18(10-12-20)24(30)27-21-13-15-22(16-14-21)31-17-23-28-29-25(32-23)19-7-5-4-6-8-19/h4-16H,17H2,1-3H3,(H,27,30). The molecule has 6 nitrogen and oxygen atoms in total. The zero-order valence-electron chi connectivity index (χ0n) is 18.3. The lowest BCUT2D eigenvalue weighted by atomic mass is 9.87. The van der Waals surface area contributed by atoms with Gasteiger partial charge in [0.2, 0.25) is 5.89 Å². The second-order valence-electron chi connectivity index (χ2n) is 8.46. The molecule has 1 amide bonds. The molecule has 0 aliphatic carbocycles. The largest absolute Gasteiger partial charge is 0.484 e. The van der Waals surface area contributed by atoms with E-state index < -0.39 is 0 Å². The fourth-order valence-electron chi connectivity index (χ4n) is 3.11. The maximum absolute atomic E-state index is 12.5. The molecule has 4 aromatic rings. The number of hydrogen-bond acceptors (Lipinski definition) is 5. The van der Waals surface area contributed by atoms with Gasteiger partial charge in [0.25, 0.3) is 11.8 Å². The minimum Gasteiger partial charge on any atom is -0.484 e. The Morgan fingerprint density at radius 1 is 0.906 bits per heavy atom. The lowest BCUT2D eigenvalue weighted by Gasteiger charge is -2.19. The van der Waals surface area contributed by atoms with Crippen LogP contribution in [0.4, 0.5) is 5.69 Å². The molecule has 0 aliphatic heterocycles.